The van der Waals surface area contributed by atoms with E-state index < -0.39 is 24.1 Å². The Balaban J connectivity index is 0.000000247. The lowest BCUT2D eigenvalue weighted by molar-refractivity contribution is -0.165. The Hall–Kier alpha value is -1.22. The molecule has 4 N–H and O–H groups in total. The lowest BCUT2D eigenvalue weighted by Gasteiger charge is -2.60. The molecule has 0 aromatic heterocycles. The SMILES string of the molecule is CCCCCC1C2CC(CN3CCCCC23)C2CCCCN21.O=C(O)[C@H](O)[C@@H](O)C(=O)O. The zero-order valence-corrected chi connectivity index (χ0v) is 19.4. The Morgan fingerprint density at radius 2 is 1.53 bits per heavy atom. The van der Waals surface area contributed by atoms with Crippen molar-refractivity contribution in [3.63, 3.8) is 0 Å². The van der Waals surface area contributed by atoms with Gasteiger partial charge in [0, 0.05) is 24.7 Å². The van der Waals surface area contributed by atoms with Gasteiger partial charge in [0.1, 0.15) is 0 Å². The number of nitrogens with zero attached hydrogens (tertiary/aromatic N) is 2. The molecular formula is C24H42N2O6. The quantitative estimate of drug-likeness (QED) is 0.432. The summed E-state index contributed by atoms with van der Waals surface area (Å²) in [6.45, 7) is 6.61. The minimum Gasteiger partial charge on any atom is -0.479 e. The van der Waals surface area contributed by atoms with Gasteiger partial charge in [-0.2, -0.15) is 0 Å². The van der Waals surface area contributed by atoms with E-state index in [0.29, 0.717) is 0 Å². The maximum Gasteiger partial charge on any atom is 0.335 e. The Labute approximate surface area is 191 Å². The molecule has 0 spiro atoms. The summed E-state index contributed by atoms with van der Waals surface area (Å²) >= 11 is 0. The van der Waals surface area contributed by atoms with Gasteiger partial charge in [-0.1, -0.05) is 39.0 Å². The Morgan fingerprint density at radius 3 is 2.16 bits per heavy atom. The average Bonchev–Trinajstić information content (AvgIpc) is 2.80. The molecule has 4 saturated heterocycles. The van der Waals surface area contributed by atoms with Crippen molar-refractivity contribution in [2.24, 2.45) is 11.8 Å². The van der Waals surface area contributed by atoms with Crippen LogP contribution in [-0.4, -0.2) is 92.1 Å². The predicted molar refractivity (Wildman–Crippen MR) is 120 cm³/mol. The van der Waals surface area contributed by atoms with Crippen molar-refractivity contribution in [1.82, 2.24) is 9.80 Å². The van der Waals surface area contributed by atoms with E-state index in [1.165, 1.54) is 83.8 Å². The van der Waals surface area contributed by atoms with E-state index in [1.54, 1.807) is 6.42 Å². The highest BCUT2D eigenvalue weighted by molar-refractivity contribution is 5.83. The topological polar surface area (TPSA) is 122 Å². The zero-order valence-electron chi connectivity index (χ0n) is 19.4. The molecule has 5 unspecified atom stereocenters. The molecule has 7 atom stereocenters. The van der Waals surface area contributed by atoms with Crippen LogP contribution in [0, 0.1) is 11.8 Å². The second kappa shape index (κ2) is 11.8. The first-order valence-electron chi connectivity index (χ1n) is 12.7. The number of carboxylic acids is 2. The molecule has 0 aromatic carbocycles. The highest BCUT2D eigenvalue weighted by atomic mass is 16.4. The van der Waals surface area contributed by atoms with Crippen molar-refractivity contribution in [3.8, 4) is 0 Å². The first kappa shape index (κ1) is 25.4. The summed E-state index contributed by atoms with van der Waals surface area (Å²) in [7, 11) is 0. The summed E-state index contributed by atoms with van der Waals surface area (Å²) in [6, 6.07) is 2.82. The fourth-order valence-corrected chi connectivity index (χ4v) is 6.70. The molecule has 0 aliphatic carbocycles. The molecule has 184 valence electrons. The monoisotopic (exact) mass is 454 g/mol. The third kappa shape index (κ3) is 5.82. The Kier molecular flexibility index (Phi) is 9.34. The van der Waals surface area contributed by atoms with Crippen LogP contribution in [0.4, 0.5) is 0 Å². The van der Waals surface area contributed by atoms with E-state index >= 15 is 0 Å². The fraction of sp³-hybridized carbons (Fsp3) is 0.917. The second-order valence-corrected chi connectivity index (χ2v) is 10.1. The lowest BCUT2D eigenvalue weighted by Crippen LogP contribution is -2.67. The molecule has 8 heteroatoms. The minimum atomic E-state index is -2.27. The number of aliphatic hydroxyl groups excluding tert-OH is 2. The van der Waals surface area contributed by atoms with Gasteiger partial charge in [0.15, 0.2) is 12.2 Å². The van der Waals surface area contributed by atoms with Gasteiger partial charge in [-0.25, -0.2) is 9.59 Å². The van der Waals surface area contributed by atoms with E-state index in [-0.39, 0.29) is 0 Å². The van der Waals surface area contributed by atoms with E-state index in [9.17, 15) is 9.59 Å². The first-order chi connectivity index (χ1) is 15.3. The van der Waals surface area contributed by atoms with Gasteiger partial charge >= 0.3 is 11.9 Å². The third-order valence-electron chi connectivity index (χ3n) is 8.17. The van der Waals surface area contributed by atoms with E-state index in [4.69, 9.17) is 20.4 Å². The number of hydrogen-bond acceptors (Lipinski definition) is 6. The van der Waals surface area contributed by atoms with Gasteiger partial charge in [-0.05, 0) is 63.5 Å². The highest BCUT2D eigenvalue weighted by Gasteiger charge is 2.50. The molecule has 4 fully saturated rings. The van der Waals surface area contributed by atoms with Crippen LogP contribution in [-0.2, 0) is 9.59 Å². The van der Waals surface area contributed by atoms with Gasteiger partial charge in [0.25, 0.3) is 0 Å². The van der Waals surface area contributed by atoms with Crippen molar-refractivity contribution in [2.45, 2.75) is 108 Å². The minimum absolute atomic E-state index is 0.930. The average molecular weight is 455 g/mol. The molecule has 8 nitrogen and oxygen atoms in total. The Bertz CT molecular complexity index is 612. The van der Waals surface area contributed by atoms with Crippen LogP contribution in [0.1, 0.15) is 77.6 Å². The zero-order chi connectivity index (χ0) is 23.3. The predicted octanol–water partition coefficient (Wildman–Crippen LogP) is 2.17. The molecule has 0 saturated carbocycles. The second-order valence-electron chi connectivity index (χ2n) is 10.1. The van der Waals surface area contributed by atoms with Crippen molar-refractivity contribution >= 4 is 11.9 Å². The van der Waals surface area contributed by atoms with Gasteiger partial charge < -0.3 is 20.4 Å². The summed E-state index contributed by atoms with van der Waals surface area (Å²) in [5.74, 6) is -1.53. The molecule has 4 aliphatic rings. The number of aliphatic hydroxyl groups is 2. The molecule has 0 aromatic rings. The van der Waals surface area contributed by atoms with Crippen LogP contribution in [0.2, 0.25) is 0 Å². The standard InChI is InChI=1S/C20H36N2.C4H6O6/c1-2-3-4-11-20-17-14-16(18-9-6-8-13-22(18)20)15-21-12-7-5-10-19(17)21;5-1(3(7)8)2(6)4(9)10/h16-20H,2-15H2,1H3;1-2,5-6H,(H,7,8)(H,9,10)/t;1-,2-/m.1/s1. The first-order valence-corrected chi connectivity index (χ1v) is 12.7. The number of hydrogen-bond donors (Lipinski definition) is 4. The summed E-state index contributed by atoms with van der Waals surface area (Å²) in [5.41, 5.74) is 0. The maximum atomic E-state index is 9.77. The largest absolute Gasteiger partial charge is 0.479 e. The molecule has 32 heavy (non-hydrogen) atoms. The smallest absolute Gasteiger partial charge is 0.335 e. The van der Waals surface area contributed by atoms with Crippen LogP contribution < -0.4 is 0 Å². The van der Waals surface area contributed by atoms with Gasteiger partial charge in [-0.15, -0.1) is 0 Å². The molecule has 0 amide bonds. The summed E-state index contributed by atoms with van der Waals surface area (Å²) in [6.07, 6.45) is 11.7. The van der Waals surface area contributed by atoms with Gasteiger partial charge in [0.2, 0.25) is 0 Å². The molecule has 4 aliphatic heterocycles. The number of carboxylic acid groups (broad SMARTS) is 2. The molecular weight excluding hydrogens is 412 g/mol. The lowest BCUT2D eigenvalue weighted by atomic mass is 9.66. The fourth-order valence-electron chi connectivity index (χ4n) is 6.70. The number of fused-ring (bicyclic) bond motifs is 6. The number of unbranched alkanes of at least 4 members (excludes halogenated alkanes) is 2. The van der Waals surface area contributed by atoms with Crippen molar-refractivity contribution in [2.75, 3.05) is 19.6 Å². The van der Waals surface area contributed by atoms with Crippen molar-refractivity contribution in [1.29, 1.82) is 0 Å². The van der Waals surface area contributed by atoms with E-state index in [2.05, 4.69) is 16.7 Å². The molecule has 4 heterocycles. The number of carbonyl (C=O) groups is 2. The molecule has 4 rings (SSSR count). The van der Waals surface area contributed by atoms with Crippen LogP contribution in [0.3, 0.4) is 0 Å². The Morgan fingerprint density at radius 1 is 0.906 bits per heavy atom. The summed E-state index contributed by atoms with van der Waals surface area (Å²) in [5, 5.41) is 32.5. The molecule has 0 radical (unpaired) electrons. The van der Waals surface area contributed by atoms with Crippen molar-refractivity contribution in [3.05, 3.63) is 0 Å². The van der Waals surface area contributed by atoms with Gasteiger partial charge in [-0.3, -0.25) is 9.80 Å². The normalized spacial score (nSPS) is 34.3. The van der Waals surface area contributed by atoms with Crippen LogP contribution in [0.25, 0.3) is 0 Å². The van der Waals surface area contributed by atoms with Crippen LogP contribution in [0.5, 0.6) is 0 Å². The molecule has 2 bridgehead atoms. The number of aliphatic carboxylic acids is 2. The van der Waals surface area contributed by atoms with Crippen molar-refractivity contribution < 1.29 is 30.0 Å². The summed E-state index contributed by atoms with van der Waals surface area (Å²) in [4.78, 5) is 25.5. The van der Waals surface area contributed by atoms with Gasteiger partial charge in [0.05, 0.1) is 0 Å². The highest BCUT2D eigenvalue weighted by Crippen LogP contribution is 2.47. The van der Waals surface area contributed by atoms with Crippen LogP contribution in [0.15, 0.2) is 0 Å². The summed E-state index contributed by atoms with van der Waals surface area (Å²) < 4.78 is 0. The number of rotatable bonds is 7. The maximum absolute atomic E-state index is 9.77. The third-order valence-corrected chi connectivity index (χ3v) is 8.17. The van der Waals surface area contributed by atoms with Crippen LogP contribution >= 0.6 is 0 Å². The van der Waals surface area contributed by atoms with E-state index in [0.717, 1.165) is 30.0 Å². The number of piperidine rings is 4. The van der Waals surface area contributed by atoms with E-state index in [1.807, 2.05) is 0 Å².